The second-order valence-electron chi connectivity index (χ2n) is 3.09. The number of benzene rings is 1. The van der Waals surface area contributed by atoms with Gasteiger partial charge in [0.1, 0.15) is 0 Å². The number of anilines is 1. The van der Waals surface area contributed by atoms with E-state index in [4.69, 9.17) is 5.73 Å². The van der Waals surface area contributed by atoms with Crippen molar-refractivity contribution in [2.75, 3.05) is 5.73 Å². The topological polar surface area (TPSA) is 38.9 Å². The quantitative estimate of drug-likeness (QED) is 0.918. The molecule has 0 saturated heterocycles. The Labute approximate surface area is 105 Å². The molecule has 0 unspecified atom stereocenters. The fraction of sp³-hybridized carbons (Fsp3) is 0. The molecule has 2 rings (SSSR count). The van der Waals surface area contributed by atoms with Crippen molar-refractivity contribution in [3.8, 4) is 0 Å². The Morgan fingerprint density at radius 3 is 2.50 bits per heavy atom. The average molecular weight is 299 g/mol. The van der Waals surface area contributed by atoms with Crippen molar-refractivity contribution in [1.82, 2.24) is 4.98 Å². The first-order valence-corrected chi connectivity index (χ1v) is 6.10. The summed E-state index contributed by atoms with van der Waals surface area (Å²) in [4.78, 5) is 5.52. The van der Waals surface area contributed by atoms with Crippen LogP contribution in [0.5, 0.6) is 0 Å². The molecule has 5 heteroatoms. The SMILES string of the molecule is Nc1ncc(Sc2ccc(Br)cc2)cc1F. The van der Waals surface area contributed by atoms with Crippen molar-refractivity contribution < 1.29 is 4.39 Å². The van der Waals surface area contributed by atoms with Crippen LogP contribution in [0, 0.1) is 5.82 Å². The summed E-state index contributed by atoms with van der Waals surface area (Å²) in [7, 11) is 0. The van der Waals surface area contributed by atoms with Crippen LogP contribution in [-0.4, -0.2) is 4.98 Å². The molecule has 2 N–H and O–H groups in total. The van der Waals surface area contributed by atoms with E-state index in [1.54, 1.807) is 6.20 Å². The number of pyridine rings is 1. The van der Waals surface area contributed by atoms with Gasteiger partial charge in [0.05, 0.1) is 0 Å². The Morgan fingerprint density at radius 1 is 1.19 bits per heavy atom. The Kier molecular flexibility index (Phi) is 3.46. The minimum Gasteiger partial charge on any atom is -0.381 e. The second-order valence-corrected chi connectivity index (χ2v) is 5.16. The van der Waals surface area contributed by atoms with Gasteiger partial charge in [-0.15, -0.1) is 0 Å². The molecule has 1 aromatic carbocycles. The Bertz CT molecular complexity index is 502. The molecule has 2 nitrogen and oxygen atoms in total. The van der Waals surface area contributed by atoms with Gasteiger partial charge in [-0.25, -0.2) is 9.37 Å². The fourth-order valence-electron chi connectivity index (χ4n) is 1.13. The van der Waals surface area contributed by atoms with Crippen LogP contribution >= 0.6 is 27.7 Å². The van der Waals surface area contributed by atoms with Crippen LogP contribution in [0.4, 0.5) is 10.2 Å². The van der Waals surface area contributed by atoms with Crippen molar-refractivity contribution >= 4 is 33.5 Å². The van der Waals surface area contributed by atoms with Crippen molar-refractivity contribution in [3.05, 3.63) is 46.8 Å². The highest BCUT2D eigenvalue weighted by Crippen LogP contribution is 2.29. The maximum Gasteiger partial charge on any atom is 0.166 e. The van der Waals surface area contributed by atoms with Crippen molar-refractivity contribution in [3.63, 3.8) is 0 Å². The highest BCUT2D eigenvalue weighted by molar-refractivity contribution is 9.10. The van der Waals surface area contributed by atoms with E-state index in [-0.39, 0.29) is 5.82 Å². The number of rotatable bonds is 2. The number of halogens is 2. The molecule has 1 aromatic heterocycles. The number of hydrogen-bond acceptors (Lipinski definition) is 3. The average Bonchev–Trinajstić information content (AvgIpc) is 2.27. The van der Waals surface area contributed by atoms with Gasteiger partial charge in [-0.1, -0.05) is 27.7 Å². The van der Waals surface area contributed by atoms with E-state index in [9.17, 15) is 4.39 Å². The molecular formula is C11H8BrFN2S. The first-order valence-electron chi connectivity index (χ1n) is 4.49. The highest BCUT2D eigenvalue weighted by Gasteiger charge is 2.03. The lowest BCUT2D eigenvalue weighted by Crippen LogP contribution is -1.94. The van der Waals surface area contributed by atoms with E-state index < -0.39 is 5.82 Å². The molecular weight excluding hydrogens is 291 g/mol. The lowest BCUT2D eigenvalue weighted by molar-refractivity contribution is 0.623. The fourth-order valence-corrected chi connectivity index (χ4v) is 2.20. The number of nitrogen functional groups attached to an aromatic ring is 1. The van der Waals surface area contributed by atoms with Gasteiger partial charge in [0.25, 0.3) is 0 Å². The number of hydrogen-bond donors (Lipinski definition) is 1. The molecule has 2 aromatic rings. The molecule has 0 spiro atoms. The molecule has 0 amide bonds. The lowest BCUT2D eigenvalue weighted by atomic mass is 10.4. The second kappa shape index (κ2) is 4.84. The summed E-state index contributed by atoms with van der Waals surface area (Å²) in [5.41, 5.74) is 5.30. The van der Waals surface area contributed by atoms with E-state index in [2.05, 4.69) is 20.9 Å². The van der Waals surface area contributed by atoms with Crippen LogP contribution in [0.15, 0.2) is 50.8 Å². The molecule has 0 atom stereocenters. The van der Waals surface area contributed by atoms with Gasteiger partial charge in [0.15, 0.2) is 11.6 Å². The summed E-state index contributed by atoms with van der Waals surface area (Å²) in [5.74, 6) is -0.553. The molecule has 0 fully saturated rings. The maximum absolute atomic E-state index is 13.1. The summed E-state index contributed by atoms with van der Waals surface area (Å²) >= 11 is 4.79. The monoisotopic (exact) mass is 298 g/mol. The van der Waals surface area contributed by atoms with Crippen LogP contribution in [0.2, 0.25) is 0 Å². The van der Waals surface area contributed by atoms with Gasteiger partial charge in [-0.2, -0.15) is 0 Å². The first kappa shape index (κ1) is 11.4. The van der Waals surface area contributed by atoms with Crippen LogP contribution in [0.3, 0.4) is 0 Å². The predicted molar refractivity (Wildman–Crippen MR) is 66.9 cm³/mol. The van der Waals surface area contributed by atoms with E-state index in [0.717, 1.165) is 14.3 Å². The predicted octanol–water partition coefficient (Wildman–Crippen LogP) is 3.72. The lowest BCUT2D eigenvalue weighted by Gasteiger charge is -2.02. The van der Waals surface area contributed by atoms with Crippen LogP contribution in [0.1, 0.15) is 0 Å². The summed E-state index contributed by atoms with van der Waals surface area (Å²) in [6.07, 6.45) is 1.56. The zero-order chi connectivity index (χ0) is 11.5. The standard InChI is InChI=1S/C11H8BrFN2S/c12-7-1-3-8(4-2-7)16-9-5-10(13)11(14)15-6-9/h1-6H,(H2,14,15). The van der Waals surface area contributed by atoms with Crippen LogP contribution in [0.25, 0.3) is 0 Å². The Morgan fingerprint density at radius 2 is 1.88 bits per heavy atom. The smallest absolute Gasteiger partial charge is 0.166 e. The van der Waals surface area contributed by atoms with Gasteiger partial charge in [0, 0.05) is 20.5 Å². The van der Waals surface area contributed by atoms with Gasteiger partial charge in [-0.3, -0.25) is 0 Å². The zero-order valence-corrected chi connectivity index (χ0v) is 10.6. The molecule has 0 radical (unpaired) electrons. The summed E-state index contributed by atoms with van der Waals surface area (Å²) < 4.78 is 14.2. The van der Waals surface area contributed by atoms with E-state index >= 15 is 0 Å². The minimum atomic E-state index is -0.484. The summed E-state index contributed by atoms with van der Waals surface area (Å²) in [5, 5.41) is 0. The molecule has 0 bridgehead atoms. The van der Waals surface area contributed by atoms with E-state index in [1.807, 2.05) is 24.3 Å². The third kappa shape index (κ3) is 2.74. The molecule has 0 saturated carbocycles. The molecule has 82 valence electrons. The summed E-state index contributed by atoms with van der Waals surface area (Å²) in [6, 6.07) is 9.15. The Hall–Kier alpha value is -1.07. The third-order valence-corrected chi connectivity index (χ3v) is 3.39. The zero-order valence-electron chi connectivity index (χ0n) is 8.15. The number of aromatic nitrogens is 1. The minimum absolute atomic E-state index is 0.0693. The number of nitrogens with two attached hydrogens (primary N) is 1. The van der Waals surface area contributed by atoms with Crippen LogP contribution in [-0.2, 0) is 0 Å². The van der Waals surface area contributed by atoms with Crippen molar-refractivity contribution in [2.24, 2.45) is 0 Å². The van der Waals surface area contributed by atoms with E-state index in [1.165, 1.54) is 17.8 Å². The summed E-state index contributed by atoms with van der Waals surface area (Å²) in [6.45, 7) is 0. The van der Waals surface area contributed by atoms with E-state index in [0.29, 0.717) is 0 Å². The van der Waals surface area contributed by atoms with Crippen LogP contribution < -0.4 is 5.73 Å². The third-order valence-electron chi connectivity index (χ3n) is 1.89. The van der Waals surface area contributed by atoms with Crippen molar-refractivity contribution in [2.45, 2.75) is 9.79 Å². The first-order chi connectivity index (χ1) is 7.65. The Balaban J connectivity index is 2.20. The van der Waals surface area contributed by atoms with Gasteiger partial charge >= 0.3 is 0 Å². The molecule has 0 aliphatic heterocycles. The highest BCUT2D eigenvalue weighted by atomic mass is 79.9. The molecule has 0 aliphatic carbocycles. The van der Waals surface area contributed by atoms with Gasteiger partial charge in [-0.05, 0) is 30.3 Å². The molecule has 16 heavy (non-hydrogen) atoms. The molecule has 1 heterocycles. The van der Waals surface area contributed by atoms with Gasteiger partial charge in [0.2, 0.25) is 0 Å². The number of nitrogens with zero attached hydrogens (tertiary/aromatic N) is 1. The largest absolute Gasteiger partial charge is 0.381 e. The maximum atomic E-state index is 13.1. The van der Waals surface area contributed by atoms with Gasteiger partial charge < -0.3 is 5.73 Å². The molecule has 0 aliphatic rings. The van der Waals surface area contributed by atoms with Crippen molar-refractivity contribution in [1.29, 1.82) is 0 Å². The normalized spacial score (nSPS) is 10.4.